The molecule has 0 saturated carbocycles. The summed E-state index contributed by atoms with van der Waals surface area (Å²) in [5, 5.41) is 7.10. The van der Waals surface area contributed by atoms with Gasteiger partial charge in [0.25, 0.3) is 0 Å². The number of pyridine rings is 1. The van der Waals surface area contributed by atoms with E-state index in [2.05, 4.69) is 36.0 Å². The predicted molar refractivity (Wildman–Crippen MR) is 69.4 cm³/mol. The second-order valence-electron chi connectivity index (χ2n) is 5.41. The summed E-state index contributed by atoms with van der Waals surface area (Å²) in [6, 6.07) is 5.80. The maximum atomic E-state index is 5.91. The van der Waals surface area contributed by atoms with Crippen molar-refractivity contribution < 1.29 is 0 Å². The van der Waals surface area contributed by atoms with Crippen molar-refractivity contribution in [3.63, 3.8) is 0 Å². The van der Waals surface area contributed by atoms with E-state index >= 15 is 0 Å². The fourth-order valence-electron chi connectivity index (χ4n) is 1.85. The van der Waals surface area contributed by atoms with Crippen molar-refractivity contribution in [3.05, 3.63) is 30.1 Å². The fraction of sp³-hybridized carbons (Fsp3) is 0.385. The molecule has 2 rings (SSSR count). The Kier molecular flexibility index (Phi) is 2.88. The van der Waals surface area contributed by atoms with Gasteiger partial charge in [-0.25, -0.2) is 0 Å². The van der Waals surface area contributed by atoms with Crippen molar-refractivity contribution in [1.29, 1.82) is 0 Å². The van der Waals surface area contributed by atoms with Crippen molar-refractivity contribution in [3.8, 4) is 11.3 Å². The molecule has 0 radical (unpaired) electrons. The normalized spacial score (nSPS) is 11.7. The summed E-state index contributed by atoms with van der Waals surface area (Å²) in [6.45, 7) is 6.56. The van der Waals surface area contributed by atoms with E-state index < -0.39 is 0 Å². The number of H-pyrrole nitrogens is 1. The average molecular weight is 230 g/mol. The van der Waals surface area contributed by atoms with Crippen LogP contribution >= 0.6 is 0 Å². The maximum absolute atomic E-state index is 5.91. The molecule has 0 aromatic carbocycles. The van der Waals surface area contributed by atoms with Gasteiger partial charge in [-0.3, -0.25) is 10.1 Å². The Morgan fingerprint density at radius 1 is 1.29 bits per heavy atom. The van der Waals surface area contributed by atoms with Gasteiger partial charge in [-0.2, -0.15) is 5.10 Å². The Hall–Kier alpha value is -1.84. The summed E-state index contributed by atoms with van der Waals surface area (Å²) in [7, 11) is 0. The number of nitrogens with two attached hydrogens (primary N) is 1. The summed E-state index contributed by atoms with van der Waals surface area (Å²) in [4.78, 5) is 4.33. The maximum Gasteiger partial charge on any atom is 0.154 e. The van der Waals surface area contributed by atoms with Crippen molar-refractivity contribution >= 4 is 5.82 Å². The largest absolute Gasteiger partial charge is 0.382 e. The van der Waals surface area contributed by atoms with Gasteiger partial charge in [0.2, 0.25) is 0 Å². The lowest BCUT2D eigenvalue weighted by Gasteiger charge is -2.17. The van der Waals surface area contributed by atoms with Gasteiger partial charge >= 0.3 is 0 Å². The smallest absolute Gasteiger partial charge is 0.154 e. The van der Waals surface area contributed by atoms with E-state index in [1.165, 1.54) is 0 Å². The SMILES string of the molecule is CC(C)(C)Cc1[nH]nc(N)c1-c1ccccn1. The van der Waals surface area contributed by atoms with E-state index in [4.69, 9.17) is 5.73 Å². The van der Waals surface area contributed by atoms with Crippen LogP contribution in [0.5, 0.6) is 0 Å². The summed E-state index contributed by atoms with van der Waals surface area (Å²) in [6.07, 6.45) is 2.66. The van der Waals surface area contributed by atoms with Gasteiger partial charge in [0.05, 0.1) is 11.3 Å². The highest BCUT2D eigenvalue weighted by Crippen LogP contribution is 2.30. The van der Waals surface area contributed by atoms with Gasteiger partial charge in [-0.15, -0.1) is 0 Å². The molecule has 2 heterocycles. The molecule has 0 aliphatic heterocycles. The van der Waals surface area contributed by atoms with E-state index in [9.17, 15) is 0 Å². The first-order valence-corrected chi connectivity index (χ1v) is 5.71. The Balaban J connectivity index is 2.44. The highest BCUT2D eigenvalue weighted by molar-refractivity contribution is 5.73. The standard InChI is InChI=1S/C13H18N4/c1-13(2,3)8-10-11(12(14)17-16-10)9-6-4-5-7-15-9/h4-7H,8H2,1-3H3,(H3,14,16,17). The molecule has 3 N–H and O–H groups in total. The van der Waals surface area contributed by atoms with Crippen LogP contribution in [0.15, 0.2) is 24.4 Å². The van der Waals surface area contributed by atoms with E-state index in [-0.39, 0.29) is 5.41 Å². The molecule has 0 amide bonds. The summed E-state index contributed by atoms with van der Waals surface area (Å²) in [5.41, 5.74) is 8.95. The van der Waals surface area contributed by atoms with Crippen molar-refractivity contribution in [2.24, 2.45) is 5.41 Å². The minimum absolute atomic E-state index is 0.183. The number of nitrogens with one attached hydrogen (secondary N) is 1. The second-order valence-corrected chi connectivity index (χ2v) is 5.41. The number of anilines is 1. The van der Waals surface area contributed by atoms with Crippen molar-refractivity contribution in [2.75, 3.05) is 5.73 Å². The summed E-state index contributed by atoms with van der Waals surface area (Å²) < 4.78 is 0. The number of hydrogen-bond acceptors (Lipinski definition) is 3. The zero-order chi connectivity index (χ0) is 12.5. The second kappa shape index (κ2) is 4.20. The molecule has 4 heteroatoms. The third-order valence-electron chi connectivity index (χ3n) is 2.50. The van der Waals surface area contributed by atoms with E-state index in [0.717, 1.165) is 23.4 Å². The number of nitrogen functional groups attached to an aromatic ring is 1. The molecular formula is C13H18N4. The quantitative estimate of drug-likeness (QED) is 0.833. The first-order valence-electron chi connectivity index (χ1n) is 5.71. The Morgan fingerprint density at radius 2 is 2.06 bits per heavy atom. The molecule has 0 fully saturated rings. The van der Waals surface area contributed by atoms with E-state index in [0.29, 0.717) is 5.82 Å². The molecule has 90 valence electrons. The molecule has 2 aromatic rings. The molecule has 0 unspecified atom stereocenters. The highest BCUT2D eigenvalue weighted by atomic mass is 15.2. The van der Waals surface area contributed by atoms with Gasteiger partial charge in [0.15, 0.2) is 5.82 Å². The topological polar surface area (TPSA) is 67.6 Å². The highest BCUT2D eigenvalue weighted by Gasteiger charge is 2.19. The van der Waals surface area contributed by atoms with Crippen molar-refractivity contribution in [1.82, 2.24) is 15.2 Å². The predicted octanol–water partition coefficient (Wildman–Crippen LogP) is 2.64. The van der Waals surface area contributed by atoms with E-state index in [1.807, 2.05) is 18.2 Å². The molecule has 0 saturated heterocycles. The summed E-state index contributed by atoms with van der Waals surface area (Å²) >= 11 is 0. The zero-order valence-electron chi connectivity index (χ0n) is 10.5. The number of aromatic amines is 1. The summed E-state index contributed by atoms with van der Waals surface area (Å²) in [5.74, 6) is 0.517. The van der Waals surface area contributed by atoms with Crippen LogP contribution in [0.25, 0.3) is 11.3 Å². The van der Waals surface area contributed by atoms with Crippen LogP contribution < -0.4 is 5.73 Å². The monoisotopic (exact) mass is 230 g/mol. The lowest BCUT2D eigenvalue weighted by molar-refractivity contribution is 0.406. The lowest BCUT2D eigenvalue weighted by Crippen LogP contribution is -2.10. The lowest BCUT2D eigenvalue weighted by atomic mass is 9.89. The van der Waals surface area contributed by atoms with Crippen LogP contribution in [0.3, 0.4) is 0 Å². The average Bonchev–Trinajstić information content (AvgIpc) is 2.58. The van der Waals surface area contributed by atoms with Crippen molar-refractivity contribution in [2.45, 2.75) is 27.2 Å². The molecule has 0 atom stereocenters. The zero-order valence-corrected chi connectivity index (χ0v) is 10.5. The number of nitrogens with zero attached hydrogens (tertiary/aromatic N) is 2. The van der Waals surface area contributed by atoms with Crippen LogP contribution in [0.4, 0.5) is 5.82 Å². The molecular weight excluding hydrogens is 212 g/mol. The van der Waals surface area contributed by atoms with E-state index in [1.54, 1.807) is 6.20 Å². The van der Waals surface area contributed by atoms with Crippen LogP contribution in [0, 0.1) is 5.41 Å². The van der Waals surface area contributed by atoms with Gasteiger partial charge in [-0.05, 0) is 24.0 Å². The number of rotatable bonds is 2. The van der Waals surface area contributed by atoms with Gasteiger partial charge in [-0.1, -0.05) is 26.8 Å². The van der Waals surface area contributed by atoms with Crippen LogP contribution in [0.1, 0.15) is 26.5 Å². The Morgan fingerprint density at radius 3 is 2.65 bits per heavy atom. The number of aromatic nitrogens is 3. The molecule has 4 nitrogen and oxygen atoms in total. The minimum atomic E-state index is 0.183. The molecule has 0 spiro atoms. The third-order valence-corrected chi connectivity index (χ3v) is 2.50. The third kappa shape index (κ3) is 2.64. The van der Waals surface area contributed by atoms with Crippen LogP contribution in [-0.4, -0.2) is 15.2 Å². The van der Waals surface area contributed by atoms with Gasteiger partial charge in [0.1, 0.15) is 0 Å². The van der Waals surface area contributed by atoms with Gasteiger partial charge < -0.3 is 5.73 Å². The Labute approximate surface area is 101 Å². The minimum Gasteiger partial charge on any atom is -0.382 e. The molecule has 0 bridgehead atoms. The first kappa shape index (κ1) is 11.6. The first-order chi connectivity index (χ1) is 7.97. The molecule has 0 aliphatic carbocycles. The number of hydrogen-bond donors (Lipinski definition) is 2. The molecule has 0 aliphatic rings. The van der Waals surface area contributed by atoms with Crippen LogP contribution in [-0.2, 0) is 6.42 Å². The molecule has 2 aromatic heterocycles. The molecule has 17 heavy (non-hydrogen) atoms. The Bertz CT molecular complexity index is 494. The van der Waals surface area contributed by atoms with Gasteiger partial charge in [0, 0.05) is 11.9 Å². The fourth-order valence-corrected chi connectivity index (χ4v) is 1.85. The van der Waals surface area contributed by atoms with Crippen LogP contribution in [0.2, 0.25) is 0 Å².